The maximum atomic E-state index is 10.1. The Hall–Kier alpha value is -1.02. The number of aliphatic hydroxyl groups is 1. The summed E-state index contributed by atoms with van der Waals surface area (Å²) in [6.45, 7) is 2.32. The van der Waals surface area contributed by atoms with Crippen LogP contribution >= 0.6 is 0 Å². The topological polar surface area (TPSA) is 29.5 Å². The third kappa shape index (κ3) is 2.94. The minimum atomic E-state index is -0.293. The first-order valence-corrected chi connectivity index (χ1v) is 7.70. The minimum absolute atomic E-state index is 0.293. The van der Waals surface area contributed by atoms with Crippen molar-refractivity contribution >= 4 is 0 Å². The van der Waals surface area contributed by atoms with E-state index in [1.54, 1.807) is 0 Å². The third-order valence-electron chi connectivity index (χ3n) is 4.67. The molecule has 1 saturated carbocycles. The first-order chi connectivity index (χ1) is 9.22. The lowest BCUT2D eigenvalue weighted by Crippen LogP contribution is -2.23. The molecule has 0 spiro atoms. The van der Waals surface area contributed by atoms with Gasteiger partial charge in [-0.1, -0.05) is 13.0 Å². The molecule has 0 saturated heterocycles. The molecule has 0 bridgehead atoms. The van der Waals surface area contributed by atoms with E-state index in [9.17, 15) is 5.11 Å². The molecule has 19 heavy (non-hydrogen) atoms. The molecule has 104 valence electrons. The third-order valence-corrected chi connectivity index (χ3v) is 4.67. The number of ether oxygens (including phenoxy) is 1. The quantitative estimate of drug-likeness (QED) is 0.870. The van der Waals surface area contributed by atoms with E-state index in [0.717, 1.165) is 36.5 Å². The average molecular weight is 260 g/mol. The fourth-order valence-electron chi connectivity index (χ4n) is 3.37. The first-order valence-electron chi connectivity index (χ1n) is 7.70. The Morgan fingerprint density at radius 2 is 1.89 bits per heavy atom. The van der Waals surface area contributed by atoms with Crippen LogP contribution in [0.2, 0.25) is 0 Å². The van der Waals surface area contributed by atoms with Crippen LogP contribution in [0, 0.1) is 5.92 Å². The van der Waals surface area contributed by atoms with E-state index in [2.05, 4.69) is 25.1 Å². The summed E-state index contributed by atoms with van der Waals surface area (Å²) in [5, 5.41) is 10.1. The van der Waals surface area contributed by atoms with Gasteiger partial charge < -0.3 is 9.84 Å². The monoisotopic (exact) mass is 260 g/mol. The van der Waals surface area contributed by atoms with Gasteiger partial charge in [0.2, 0.25) is 0 Å². The summed E-state index contributed by atoms with van der Waals surface area (Å²) in [7, 11) is 0. The van der Waals surface area contributed by atoms with Gasteiger partial charge in [-0.25, -0.2) is 0 Å². The SMILES string of the molecule is CC1CCC(Oc2ccc3c(c2)[C@H](O)CCC3)CC1. The maximum absolute atomic E-state index is 10.1. The van der Waals surface area contributed by atoms with Crippen molar-refractivity contribution in [1.82, 2.24) is 0 Å². The fourth-order valence-corrected chi connectivity index (χ4v) is 3.37. The predicted molar refractivity (Wildman–Crippen MR) is 76.4 cm³/mol. The summed E-state index contributed by atoms with van der Waals surface area (Å²) in [5.41, 5.74) is 2.39. The molecule has 0 amide bonds. The molecule has 2 heteroatoms. The summed E-state index contributed by atoms with van der Waals surface area (Å²) in [4.78, 5) is 0. The van der Waals surface area contributed by atoms with Gasteiger partial charge in [0.05, 0.1) is 12.2 Å². The molecule has 0 unspecified atom stereocenters. The van der Waals surface area contributed by atoms with Crippen molar-refractivity contribution in [2.45, 2.75) is 64.1 Å². The number of rotatable bonds is 2. The Morgan fingerprint density at radius 1 is 1.11 bits per heavy atom. The first kappa shape index (κ1) is 13.0. The van der Waals surface area contributed by atoms with Crippen molar-refractivity contribution in [2.24, 2.45) is 5.92 Å². The van der Waals surface area contributed by atoms with Crippen LogP contribution in [0.4, 0.5) is 0 Å². The van der Waals surface area contributed by atoms with Gasteiger partial charge in [0, 0.05) is 0 Å². The van der Waals surface area contributed by atoms with E-state index in [0.29, 0.717) is 6.10 Å². The van der Waals surface area contributed by atoms with Gasteiger partial charge in [0.1, 0.15) is 5.75 Å². The van der Waals surface area contributed by atoms with Crippen LogP contribution in [0.25, 0.3) is 0 Å². The van der Waals surface area contributed by atoms with Gasteiger partial charge in [-0.05, 0) is 74.1 Å². The largest absolute Gasteiger partial charge is 0.490 e. The van der Waals surface area contributed by atoms with Crippen molar-refractivity contribution in [3.05, 3.63) is 29.3 Å². The summed E-state index contributed by atoms with van der Waals surface area (Å²) in [5.74, 6) is 1.80. The van der Waals surface area contributed by atoms with E-state index in [-0.39, 0.29) is 6.10 Å². The molecule has 1 aromatic rings. The zero-order chi connectivity index (χ0) is 13.2. The number of hydrogen-bond donors (Lipinski definition) is 1. The second kappa shape index (κ2) is 5.54. The Bertz CT molecular complexity index is 433. The summed E-state index contributed by atoms with van der Waals surface area (Å²) in [6, 6.07) is 6.28. The van der Waals surface area contributed by atoms with Crippen molar-refractivity contribution in [1.29, 1.82) is 0 Å². The molecule has 2 aliphatic rings. The highest BCUT2D eigenvalue weighted by molar-refractivity contribution is 5.38. The van der Waals surface area contributed by atoms with Gasteiger partial charge in [0.25, 0.3) is 0 Å². The minimum Gasteiger partial charge on any atom is -0.490 e. The van der Waals surface area contributed by atoms with E-state index < -0.39 is 0 Å². The van der Waals surface area contributed by atoms with Crippen LogP contribution in [0.3, 0.4) is 0 Å². The number of hydrogen-bond acceptors (Lipinski definition) is 2. The maximum Gasteiger partial charge on any atom is 0.120 e. The molecule has 3 rings (SSSR count). The number of benzene rings is 1. The van der Waals surface area contributed by atoms with E-state index in [4.69, 9.17) is 4.74 Å². The second-order valence-corrected chi connectivity index (χ2v) is 6.27. The number of fused-ring (bicyclic) bond motifs is 1. The Labute approximate surface area is 115 Å². The average Bonchev–Trinajstić information content (AvgIpc) is 2.42. The zero-order valence-corrected chi connectivity index (χ0v) is 11.8. The normalized spacial score (nSPS) is 30.7. The lowest BCUT2D eigenvalue weighted by atomic mass is 9.88. The molecule has 0 aliphatic heterocycles. The highest BCUT2D eigenvalue weighted by Crippen LogP contribution is 2.33. The van der Waals surface area contributed by atoms with Crippen LogP contribution in [0.5, 0.6) is 5.75 Å². The van der Waals surface area contributed by atoms with Gasteiger partial charge in [0.15, 0.2) is 0 Å². The van der Waals surface area contributed by atoms with E-state index >= 15 is 0 Å². The zero-order valence-electron chi connectivity index (χ0n) is 11.8. The van der Waals surface area contributed by atoms with Gasteiger partial charge in [-0.2, -0.15) is 0 Å². The van der Waals surface area contributed by atoms with E-state index in [1.807, 2.05) is 0 Å². The Balaban J connectivity index is 1.70. The highest BCUT2D eigenvalue weighted by Gasteiger charge is 2.22. The van der Waals surface area contributed by atoms with Crippen LogP contribution < -0.4 is 4.74 Å². The molecule has 0 radical (unpaired) electrons. The molecule has 2 nitrogen and oxygen atoms in total. The van der Waals surface area contributed by atoms with Crippen molar-refractivity contribution < 1.29 is 9.84 Å². The van der Waals surface area contributed by atoms with Gasteiger partial charge >= 0.3 is 0 Å². The molecule has 0 aromatic heterocycles. The van der Waals surface area contributed by atoms with Crippen LogP contribution in [-0.2, 0) is 6.42 Å². The van der Waals surface area contributed by atoms with Gasteiger partial charge in [-0.3, -0.25) is 0 Å². The predicted octanol–water partition coefficient (Wildman–Crippen LogP) is 4.01. The van der Waals surface area contributed by atoms with E-state index in [1.165, 1.54) is 31.2 Å². The summed E-state index contributed by atoms with van der Waals surface area (Å²) in [6.07, 6.45) is 8.03. The van der Waals surface area contributed by atoms with Gasteiger partial charge in [-0.15, -0.1) is 0 Å². The van der Waals surface area contributed by atoms with Crippen molar-refractivity contribution in [3.63, 3.8) is 0 Å². The molecule has 1 atom stereocenters. The summed E-state index contributed by atoms with van der Waals surface area (Å²) < 4.78 is 6.11. The number of aliphatic hydroxyl groups excluding tert-OH is 1. The molecular formula is C17H24O2. The Morgan fingerprint density at radius 3 is 2.68 bits per heavy atom. The molecule has 0 heterocycles. The fraction of sp³-hybridized carbons (Fsp3) is 0.647. The highest BCUT2D eigenvalue weighted by atomic mass is 16.5. The number of aryl methyl sites for hydroxylation is 1. The van der Waals surface area contributed by atoms with Crippen LogP contribution in [0.15, 0.2) is 18.2 Å². The molecule has 1 fully saturated rings. The lowest BCUT2D eigenvalue weighted by Gasteiger charge is -2.28. The molecule has 1 N–H and O–H groups in total. The lowest BCUT2D eigenvalue weighted by molar-refractivity contribution is 0.132. The summed E-state index contributed by atoms with van der Waals surface area (Å²) >= 11 is 0. The van der Waals surface area contributed by atoms with Crippen LogP contribution in [0.1, 0.15) is 62.7 Å². The van der Waals surface area contributed by atoms with Crippen LogP contribution in [-0.4, -0.2) is 11.2 Å². The standard InChI is InChI=1S/C17H24O2/c1-12-5-8-14(9-6-12)19-15-10-7-13-3-2-4-17(18)16(13)11-15/h7,10-12,14,17-18H,2-6,8-9H2,1H3/t12?,14?,17-/m1/s1. The molecular weight excluding hydrogens is 236 g/mol. The molecule has 1 aromatic carbocycles. The van der Waals surface area contributed by atoms with Crippen molar-refractivity contribution in [3.8, 4) is 5.75 Å². The molecule has 2 aliphatic carbocycles. The van der Waals surface area contributed by atoms with Crippen molar-refractivity contribution in [2.75, 3.05) is 0 Å². The second-order valence-electron chi connectivity index (χ2n) is 6.27. The Kier molecular flexibility index (Phi) is 3.79. The smallest absolute Gasteiger partial charge is 0.120 e.